The topological polar surface area (TPSA) is 58.3 Å². The number of fused-ring (bicyclic) bond motifs is 1. The number of nitrogens with zero attached hydrogens (tertiary/aromatic N) is 6. The van der Waals surface area contributed by atoms with E-state index in [1.54, 1.807) is 0 Å². The molecule has 34 heavy (non-hydrogen) atoms. The molecule has 3 aromatic heterocycles. The number of rotatable bonds is 8. The zero-order chi connectivity index (χ0) is 23.3. The Morgan fingerprint density at radius 1 is 1.03 bits per heavy atom. The van der Waals surface area contributed by atoms with E-state index in [0.29, 0.717) is 13.2 Å². The number of aliphatic imine (C=N–C) groups is 1. The number of hydrogen-bond acceptors (Lipinski definition) is 6. The van der Waals surface area contributed by atoms with Gasteiger partial charge in [-0.3, -0.25) is 9.89 Å². The Balaban J connectivity index is 1.34. The largest absolute Gasteiger partial charge is 0.492 e. The van der Waals surface area contributed by atoms with Gasteiger partial charge in [-0.15, -0.1) is 0 Å². The van der Waals surface area contributed by atoms with Crippen molar-refractivity contribution in [3.05, 3.63) is 78.2 Å². The summed E-state index contributed by atoms with van der Waals surface area (Å²) >= 11 is 0. The second-order valence-electron chi connectivity index (χ2n) is 8.52. The molecule has 7 heteroatoms. The quantitative estimate of drug-likeness (QED) is 0.371. The van der Waals surface area contributed by atoms with Crippen LogP contribution in [0.2, 0.25) is 0 Å². The summed E-state index contributed by atoms with van der Waals surface area (Å²) in [5.74, 6) is 1.80. The molecule has 1 aliphatic rings. The first-order valence-corrected chi connectivity index (χ1v) is 11.8. The molecule has 1 saturated heterocycles. The number of piperazine rings is 1. The minimum absolute atomic E-state index is 0.517. The maximum atomic E-state index is 5.79. The fraction of sp³-hybridized carbons (Fsp3) is 0.296. The highest BCUT2D eigenvalue weighted by Crippen LogP contribution is 2.32. The van der Waals surface area contributed by atoms with Gasteiger partial charge in [0.15, 0.2) is 0 Å². The van der Waals surface area contributed by atoms with Gasteiger partial charge in [-0.05, 0) is 37.4 Å². The molecule has 0 saturated carbocycles. The SMILES string of the molecule is C=NCc1cnn2cc(OCC)cc(-c3ccc(N4CCN(Cc5ccccc5)CC4)nc3)c12. The molecule has 7 nitrogen and oxygen atoms in total. The minimum atomic E-state index is 0.517. The monoisotopic (exact) mass is 454 g/mol. The number of ether oxygens (including phenoxy) is 1. The summed E-state index contributed by atoms with van der Waals surface area (Å²) < 4.78 is 7.65. The molecule has 0 unspecified atom stereocenters. The van der Waals surface area contributed by atoms with E-state index in [2.05, 4.69) is 75.1 Å². The van der Waals surface area contributed by atoms with Crippen molar-refractivity contribution in [2.75, 3.05) is 37.7 Å². The van der Waals surface area contributed by atoms with Crippen molar-refractivity contribution in [1.82, 2.24) is 19.5 Å². The van der Waals surface area contributed by atoms with Crippen LogP contribution in [0, 0.1) is 0 Å². The first-order chi connectivity index (χ1) is 16.7. The molecule has 0 N–H and O–H groups in total. The van der Waals surface area contributed by atoms with Crippen molar-refractivity contribution in [2.45, 2.75) is 20.0 Å². The minimum Gasteiger partial charge on any atom is -0.492 e. The molecule has 0 atom stereocenters. The number of hydrogen-bond donors (Lipinski definition) is 0. The molecule has 4 heterocycles. The van der Waals surface area contributed by atoms with Gasteiger partial charge in [-0.1, -0.05) is 30.3 Å². The fourth-order valence-electron chi connectivity index (χ4n) is 4.57. The highest BCUT2D eigenvalue weighted by Gasteiger charge is 2.19. The molecule has 4 aromatic rings. The van der Waals surface area contributed by atoms with E-state index in [1.807, 2.05) is 30.0 Å². The maximum Gasteiger partial charge on any atom is 0.138 e. The average molecular weight is 455 g/mol. The van der Waals surface area contributed by atoms with Gasteiger partial charge < -0.3 is 9.64 Å². The van der Waals surface area contributed by atoms with E-state index < -0.39 is 0 Å². The van der Waals surface area contributed by atoms with Crippen LogP contribution in [0.15, 0.2) is 72.1 Å². The standard InChI is InChI=1S/C27H30N6O/c1-3-34-24-15-25(27-23(16-28-2)18-30-33(27)20-24)22-9-10-26(29-17-22)32-13-11-31(12-14-32)19-21-7-5-4-6-8-21/h4-10,15,17-18,20H,2-3,11-14,16,19H2,1H3. The van der Waals surface area contributed by atoms with Crippen LogP contribution in [0.1, 0.15) is 18.1 Å². The van der Waals surface area contributed by atoms with E-state index in [0.717, 1.165) is 66.5 Å². The Hall–Kier alpha value is -3.71. The lowest BCUT2D eigenvalue weighted by Crippen LogP contribution is -2.46. The molecule has 0 bridgehead atoms. The zero-order valence-corrected chi connectivity index (χ0v) is 19.6. The molecule has 0 radical (unpaired) electrons. The van der Waals surface area contributed by atoms with Crippen molar-refractivity contribution in [2.24, 2.45) is 4.99 Å². The molecular formula is C27H30N6O. The van der Waals surface area contributed by atoms with Crippen LogP contribution in [0.5, 0.6) is 5.75 Å². The predicted molar refractivity (Wildman–Crippen MR) is 137 cm³/mol. The van der Waals surface area contributed by atoms with Crippen LogP contribution in [0.4, 0.5) is 5.82 Å². The molecule has 1 aliphatic heterocycles. The third-order valence-corrected chi connectivity index (χ3v) is 6.26. The smallest absolute Gasteiger partial charge is 0.138 e. The third kappa shape index (κ3) is 4.65. The molecule has 174 valence electrons. The van der Waals surface area contributed by atoms with E-state index in [9.17, 15) is 0 Å². The summed E-state index contributed by atoms with van der Waals surface area (Å²) in [5.41, 5.74) is 5.48. The van der Waals surface area contributed by atoms with Crippen LogP contribution in [-0.2, 0) is 13.1 Å². The summed E-state index contributed by atoms with van der Waals surface area (Å²) in [5, 5.41) is 4.51. The lowest BCUT2D eigenvalue weighted by molar-refractivity contribution is 0.249. The van der Waals surface area contributed by atoms with Gasteiger partial charge in [0.25, 0.3) is 0 Å². The summed E-state index contributed by atoms with van der Waals surface area (Å²) in [4.78, 5) is 13.8. The number of aromatic nitrogens is 3. The van der Waals surface area contributed by atoms with Gasteiger partial charge in [0, 0.05) is 55.6 Å². The first-order valence-electron chi connectivity index (χ1n) is 11.8. The van der Waals surface area contributed by atoms with Crippen LogP contribution >= 0.6 is 0 Å². The van der Waals surface area contributed by atoms with Crippen LogP contribution < -0.4 is 9.64 Å². The van der Waals surface area contributed by atoms with Crippen molar-refractivity contribution in [3.63, 3.8) is 0 Å². The highest BCUT2D eigenvalue weighted by atomic mass is 16.5. The van der Waals surface area contributed by atoms with Gasteiger partial charge in [-0.25, -0.2) is 9.50 Å². The fourth-order valence-corrected chi connectivity index (χ4v) is 4.57. The second kappa shape index (κ2) is 10.1. The lowest BCUT2D eigenvalue weighted by atomic mass is 10.0. The molecule has 0 amide bonds. The van der Waals surface area contributed by atoms with Gasteiger partial charge in [0.2, 0.25) is 0 Å². The molecular weight excluding hydrogens is 424 g/mol. The Bertz CT molecular complexity index is 1240. The maximum absolute atomic E-state index is 5.79. The molecule has 0 spiro atoms. The van der Waals surface area contributed by atoms with Gasteiger partial charge in [0.05, 0.1) is 31.1 Å². The first kappa shape index (κ1) is 22.1. The Labute approximate surface area is 200 Å². The summed E-state index contributed by atoms with van der Waals surface area (Å²) in [6.45, 7) is 11.8. The van der Waals surface area contributed by atoms with Crippen molar-refractivity contribution >= 4 is 18.1 Å². The normalized spacial score (nSPS) is 14.4. The summed E-state index contributed by atoms with van der Waals surface area (Å²) in [6.07, 6.45) is 5.71. The third-order valence-electron chi connectivity index (χ3n) is 6.26. The van der Waals surface area contributed by atoms with Crippen LogP contribution in [0.3, 0.4) is 0 Å². The van der Waals surface area contributed by atoms with Crippen LogP contribution in [-0.4, -0.2) is 59.0 Å². The number of anilines is 1. The number of benzene rings is 1. The predicted octanol–water partition coefficient (Wildman–Crippen LogP) is 4.32. The second-order valence-corrected chi connectivity index (χ2v) is 8.52. The summed E-state index contributed by atoms with van der Waals surface area (Å²) in [7, 11) is 0. The average Bonchev–Trinajstić information content (AvgIpc) is 3.28. The summed E-state index contributed by atoms with van der Waals surface area (Å²) in [6, 6.07) is 17.0. The highest BCUT2D eigenvalue weighted by molar-refractivity contribution is 5.83. The van der Waals surface area contributed by atoms with Gasteiger partial charge >= 0.3 is 0 Å². The van der Waals surface area contributed by atoms with E-state index >= 15 is 0 Å². The Kier molecular flexibility index (Phi) is 6.53. The van der Waals surface area contributed by atoms with E-state index in [-0.39, 0.29) is 0 Å². The molecule has 0 aliphatic carbocycles. The van der Waals surface area contributed by atoms with E-state index in [4.69, 9.17) is 9.72 Å². The molecule has 1 aromatic carbocycles. The van der Waals surface area contributed by atoms with Crippen molar-refractivity contribution in [1.29, 1.82) is 0 Å². The van der Waals surface area contributed by atoms with Crippen LogP contribution in [0.25, 0.3) is 16.6 Å². The number of pyridine rings is 2. The Morgan fingerprint density at radius 2 is 1.85 bits per heavy atom. The van der Waals surface area contributed by atoms with Crippen molar-refractivity contribution < 1.29 is 4.74 Å². The van der Waals surface area contributed by atoms with Crippen molar-refractivity contribution in [3.8, 4) is 16.9 Å². The Morgan fingerprint density at radius 3 is 2.56 bits per heavy atom. The van der Waals surface area contributed by atoms with E-state index in [1.165, 1.54) is 5.56 Å². The molecule has 1 fully saturated rings. The molecule has 5 rings (SSSR count). The van der Waals surface area contributed by atoms with Gasteiger partial charge in [-0.2, -0.15) is 5.10 Å². The zero-order valence-electron chi connectivity index (χ0n) is 19.6. The lowest BCUT2D eigenvalue weighted by Gasteiger charge is -2.35. The van der Waals surface area contributed by atoms with Gasteiger partial charge in [0.1, 0.15) is 11.6 Å².